The first-order valence-corrected chi connectivity index (χ1v) is 12.7. The standard InChI is InChI=1S/C28H23N3O3S2/c1-18-8-7-11-20(16-18)29-23(32)17-31-22-13-6-5-12-21(22)24(26(31)33)25-27(34)30(28(35)36-25)15-14-19-9-3-2-4-10-19/h2-13,16H,14-15,17H2,1H3,(H,29,32). The highest BCUT2D eigenvalue weighted by Crippen LogP contribution is 2.44. The Kier molecular flexibility index (Phi) is 6.71. The number of para-hydroxylation sites is 1. The van der Waals surface area contributed by atoms with Gasteiger partial charge in [-0.3, -0.25) is 24.2 Å². The van der Waals surface area contributed by atoms with Crippen molar-refractivity contribution in [2.24, 2.45) is 0 Å². The molecule has 0 aromatic heterocycles. The van der Waals surface area contributed by atoms with Crippen LogP contribution in [-0.2, 0) is 20.8 Å². The molecule has 8 heteroatoms. The van der Waals surface area contributed by atoms with Crippen LogP contribution in [0.2, 0.25) is 0 Å². The second kappa shape index (κ2) is 10.1. The molecule has 0 unspecified atom stereocenters. The zero-order chi connectivity index (χ0) is 25.2. The number of rotatable bonds is 6. The van der Waals surface area contributed by atoms with E-state index in [1.807, 2.05) is 67.6 Å². The molecule has 3 amide bonds. The summed E-state index contributed by atoms with van der Waals surface area (Å²) in [6, 6.07) is 24.6. The molecule has 6 nitrogen and oxygen atoms in total. The number of hydrogen-bond acceptors (Lipinski definition) is 5. The molecule has 2 heterocycles. The smallest absolute Gasteiger partial charge is 0.267 e. The molecule has 36 heavy (non-hydrogen) atoms. The predicted octanol–water partition coefficient (Wildman–Crippen LogP) is 4.79. The van der Waals surface area contributed by atoms with Gasteiger partial charge >= 0.3 is 0 Å². The second-order valence-electron chi connectivity index (χ2n) is 8.59. The van der Waals surface area contributed by atoms with Crippen molar-refractivity contribution >= 4 is 63.0 Å². The monoisotopic (exact) mass is 513 g/mol. The van der Waals surface area contributed by atoms with Gasteiger partial charge in [0.15, 0.2) is 0 Å². The number of thioether (sulfide) groups is 1. The molecule has 0 radical (unpaired) electrons. The zero-order valence-electron chi connectivity index (χ0n) is 19.6. The number of carbonyl (C=O) groups excluding carboxylic acids is 3. The SMILES string of the molecule is Cc1cccc(NC(=O)CN2C(=O)C(=C3SC(=S)N(CCc4ccccc4)C3=O)c3ccccc32)c1. The van der Waals surface area contributed by atoms with Crippen LogP contribution >= 0.6 is 24.0 Å². The molecule has 0 atom stereocenters. The average molecular weight is 514 g/mol. The summed E-state index contributed by atoms with van der Waals surface area (Å²) in [5, 5.41) is 2.85. The van der Waals surface area contributed by atoms with Gasteiger partial charge < -0.3 is 5.32 Å². The van der Waals surface area contributed by atoms with Crippen LogP contribution in [-0.4, -0.2) is 40.0 Å². The van der Waals surface area contributed by atoms with Gasteiger partial charge in [0.2, 0.25) is 5.91 Å². The van der Waals surface area contributed by atoms with Crippen LogP contribution in [0.3, 0.4) is 0 Å². The van der Waals surface area contributed by atoms with Gasteiger partial charge in [-0.05, 0) is 42.7 Å². The lowest BCUT2D eigenvalue weighted by Gasteiger charge is -2.17. The molecule has 0 spiro atoms. The molecule has 3 aromatic rings. The third-order valence-electron chi connectivity index (χ3n) is 6.07. The summed E-state index contributed by atoms with van der Waals surface area (Å²) >= 11 is 6.66. The van der Waals surface area contributed by atoms with Crippen LogP contribution in [0.25, 0.3) is 5.57 Å². The second-order valence-corrected chi connectivity index (χ2v) is 10.2. The molecule has 0 saturated carbocycles. The Hall–Kier alpha value is -3.75. The summed E-state index contributed by atoms with van der Waals surface area (Å²) in [4.78, 5) is 43.1. The van der Waals surface area contributed by atoms with Crippen LogP contribution < -0.4 is 10.2 Å². The van der Waals surface area contributed by atoms with E-state index in [0.29, 0.717) is 44.7 Å². The number of carbonyl (C=O) groups is 3. The zero-order valence-corrected chi connectivity index (χ0v) is 21.2. The molecule has 3 aromatic carbocycles. The first-order valence-electron chi connectivity index (χ1n) is 11.5. The van der Waals surface area contributed by atoms with Crippen LogP contribution in [0.4, 0.5) is 11.4 Å². The van der Waals surface area contributed by atoms with Gasteiger partial charge in [0, 0.05) is 17.8 Å². The molecule has 1 N–H and O–H groups in total. The number of fused-ring (bicyclic) bond motifs is 1. The van der Waals surface area contributed by atoms with Crippen LogP contribution in [0.1, 0.15) is 16.7 Å². The maximum absolute atomic E-state index is 13.6. The van der Waals surface area contributed by atoms with Crippen molar-refractivity contribution in [2.75, 3.05) is 23.3 Å². The van der Waals surface area contributed by atoms with E-state index >= 15 is 0 Å². The fraction of sp³-hybridized carbons (Fsp3) is 0.143. The third-order valence-corrected chi connectivity index (χ3v) is 7.52. The van der Waals surface area contributed by atoms with E-state index in [-0.39, 0.29) is 24.3 Å². The van der Waals surface area contributed by atoms with Crippen LogP contribution in [0.15, 0.2) is 83.8 Å². The molecule has 1 saturated heterocycles. The van der Waals surface area contributed by atoms with Crippen molar-refractivity contribution in [3.8, 4) is 0 Å². The van der Waals surface area contributed by atoms with Crippen LogP contribution in [0.5, 0.6) is 0 Å². The summed E-state index contributed by atoms with van der Waals surface area (Å²) in [6.07, 6.45) is 0.658. The van der Waals surface area contributed by atoms with Crippen molar-refractivity contribution in [3.05, 3.63) is 100 Å². The van der Waals surface area contributed by atoms with E-state index in [4.69, 9.17) is 12.2 Å². The van der Waals surface area contributed by atoms with Crippen LogP contribution in [0, 0.1) is 6.92 Å². The van der Waals surface area contributed by atoms with Gasteiger partial charge in [-0.15, -0.1) is 0 Å². The Balaban J connectivity index is 1.39. The van der Waals surface area contributed by atoms with Gasteiger partial charge in [0.1, 0.15) is 10.9 Å². The largest absolute Gasteiger partial charge is 0.325 e. The number of amides is 3. The number of thiocarbonyl (C=S) groups is 1. The van der Waals surface area contributed by atoms with Gasteiger partial charge in [0.25, 0.3) is 11.8 Å². The molecular weight excluding hydrogens is 490 g/mol. The number of hydrogen-bond donors (Lipinski definition) is 1. The summed E-state index contributed by atoms with van der Waals surface area (Å²) in [5.74, 6) is -0.968. The first-order chi connectivity index (χ1) is 17.4. The minimum atomic E-state index is -0.376. The molecule has 0 bridgehead atoms. The molecule has 0 aliphatic carbocycles. The lowest BCUT2D eigenvalue weighted by atomic mass is 10.1. The average Bonchev–Trinajstić information content (AvgIpc) is 3.30. The number of benzene rings is 3. The van der Waals surface area contributed by atoms with Crippen molar-refractivity contribution in [2.45, 2.75) is 13.3 Å². The minimum Gasteiger partial charge on any atom is -0.325 e. The Morgan fingerprint density at radius 2 is 1.67 bits per heavy atom. The minimum absolute atomic E-state index is 0.165. The number of anilines is 2. The number of aryl methyl sites for hydroxylation is 1. The highest BCUT2D eigenvalue weighted by atomic mass is 32.2. The maximum Gasteiger partial charge on any atom is 0.267 e. The Morgan fingerprint density at radius 1 is 0.917 bits per heavy atom. The number of nitrogens with zero attached hydrogens (tertiary/aromatic N) is 2. The van der Waals surface area contributed by atoms with E-state index in [1.54, 1.807) is 23.1 Å². The summed E-state index contributed by atoms with van der Waals surface area (Å²) in [6.45, 7) is 2.21. The van der Waals surface area contributed by atoms with E-state index in [0.717, 1.165) is 22.9 Å². The molecule has 2 aliphatic rings. The Labute approximate surface area is 219 Å². The predicted molar refractivity (Wildman–Crippen MR) is 148 cm³/mol. The summed E-state index contributed by atoms with van der Waals surface area (Å²) < 4.78 is 0.430. The highest BCUT2D eigenvalue weighted by molar-refractivity contribution is 8.26. The van der Waals surface area contributed by atoms with E-state index < -0.39 is 0 Å². The molecule has 1 fully saturated rings. The van der Waals surface area contributed by atoms with Crippen molar-refractivity contribution in [3.63, 3.8) is 0 Å². The fourth-order valence-corrected chi connectivity index (χ4v) is 5.73. The normalized spacial score (nSPS) is 17.1. The van der Waals surface area contributed by atoms with E-state index in [9.17, 15) is 14.4 Å². The fourth-order valence-electron chi connectivity index (χ4n) is 4.35. The van der Waals surface area contributed by atoms with E-state index in [2.05, 4.69) is 5.32 Å². The third kappa shape index (κ3) is 4.69. The van der Waals surface area contributed by atoms with Crippen molar-refractivity contribution in [1.29, 1.82) is 0 Å². The lowest BCUT2D eigenvalue weighted by molar-refractivity contribution is -0.122. The maximum atomic E-state index is 13.6. The molecule has 5 rings (SSSR count). The van der Waals surface area contributed by atoms with Gasteiger partial charge in [-0.1, -0.05) is 84.6 Å². The summed E-state index contributed by atoms with van der Waals surface area (Å²) in [5.41, 5.74) is 4.33. The van der Waals surface area contributed by atoms with Gasteiger partial charge in [0.05, 0.1) is 16.2 Å². The lowest BCUT2D eigenvalue weighted by Crippen LogP contribution is -2.35. The molecule has 2 aliphatic heterocycles. The van der Waals surface area contributed by atoms with Gasteiger partial charge in [-0.2, -0.15) is 0 Å². The molecule has 180 valence electrons. The Bertz CT molecular complexity index is 1420. The highest BCUT2D eigenvalue weighted by Gasteiger charge is 2.42. The van der Waals surface area contributed by atoms with Crippen molar-refractivity contribution in [1.82, 2.24) is 4.90 Å². The number of nitrogens with one attached hydrogen (secondary N) is 1. The Morgan fingerprint density at radius 3 is 2.44 bits per heavy atom. The molecular formula is C28H23N3O3S2. The topological polar surface area (TPSA) is 69.7 Å². The van der Waals surface area contributed by atoms with E-state index in [1.165, 1.54) is 4.90 Å². The quantitative estimate of drug-likeness (QED) is 0.379. The van der Waals surface area contributed by atoms with Crippen molar-refractivity contribution < 1.29 is 14.4 Å². The van der Waals surface area contributed by atoms with Gasteiger partial charge in [-0.25, -0.2) is 0 Å². The summed E-state index contributed by atoms with van der Waals surface area (Å²) in [7, 11) is 0. The first kappa shape index (κ1) is 24.0.